The molecule has 2 aromatic rings. The van der Waals surface area contributed by atoms with Gasteiger partial charge in [0, 0.05) is 30.4 Å². The lowest BCUT2D eigenvalue weighted by atomic mass is 9.75. The predicted molar refractivity (Wildman–Crippen MR) is 74.2 cm³/mol. The lowest BCUT2D eigenvalue weighted by Crippen LogP contribution is -2.27. The van der Waals surface area contributed by atoms with E-state index in [1.807, 2.05) is 13.0 Å². The molecule has 1 aliphatic rings. The average Bonchev–Trinajstić information content (AvgIpc) is 2.92. The predicted octanol–water partition coefficient (Wildman–Crippen LogP) is 2.43. The largest absolute Gasteiger partial charge is 0.388 e. The van der Waals surface area contributed by atoms with Gasteiger partial charge in [-0.15, -0.1) is 0 Å². The van der Waals surface area contributed by atoms with Crippen LogP contribution in [0.15, 0.2) is 16.8 Å². The number of nitrogens with zero attached hydrogens (tertiary/aromatic N) is 3. The average molecular weight is 275 g/mol. The van der Waals surface area contributed by atoms with Gasteiger partial charge in [-0.2, -0.15) is 4.98 Å². The Kier molecular flexibility index (Phi) is 3.17. The third-order valence-electron chi connectivity index (χ3n) is 4.00. The van der Waals surface area contributed by atoms with Gasteiger partial charge in [0.1, 0.15) is 0 Å². The number of aliphatic hydroxyl groups excluding tert-OH is 1. The quantitative estimate of drug-likeness (QED) is 0.934. The molecule has 0 aliphatic heterocycles. The topological polar surface area (TPSA) is 64.1 Å². The van der Waals surface area contributed by atoms with Crippen LogP contribution in [-0.4, -0.2) is 19.8 Å². The second kappa shape index (κ2) is 4.74. The highest BCUT2D eigenvalue weighted by Crippen LogP contribution is 2.41. The summed E-state index contributed by atoms with van der Waals surface area (Å²) in [5.41, 5.74) is 2.46. The number of aliphatic hydroxyl groups is 1. The molecule has 1 aliphatic carbocycles. The third kappa shape index (κ3) is 2.50. The van der Waals surface area contributed by atoms with Crippen molar-refractivity contribution in [1.82, 2.24) is 14.7 Å². The van der Waals surface area contributed by atoms with E-state index < -0.39 is 0 Å². The minimum Gasteiger partial charge on any atom is -0.388 e. The van der Waals surface area contributed by atoms with Gasteiger partial charge in [-0.05, 0) is 31.2 Å². The van der Waals surface area contributed by atoms with Crippen molar-refractivity contribution in [3.8, 4) is 0 Å². The molecule has 1 unspecified atom stereocenters. The van der Waals surface area contributed by atoms with Gasteiger partial charge in [0.15, 0.2) is 5.82 Å². The summed E-state index contributed by atoms with van der Waals surface area (Å²) < 4.78 is 7.35. The summed E-state index contributed by atoms with van der Waals surface area (Å²) in [4.78, 5) is 4.23. The van der Waals surface area contributed by atoms with Crippen LogP contribution in [0.3, 0.4) is 0 Å². The SMILES string of the molecule is Cc1noc(CCn2ccc3c2CC(C)(C)CC3O)n1. The van der Waals surface area contributed by atoms with Gasteiger partial charge in [-0.1, -0.05) is 19.0 Å². The minimum absolute atomic E-state index is 0.142. The fourth-order valence-electron chi connectivity index (χ4n) is 3.06. The molecular weight excluding hydrogens is 254 g/mol. The first-order valence-corrected chi connectivity index (χ1v) is 7.10. The van der Waals surface area contributed by atoms with E-state index in [0.29, 0.717) is 11.7 Å². The van der Waals surface area contributed by atoms with Crippen LogP contribution in [0.25, 0.3) is 0 Å². The van der Waals surface area contributed by atoms with Gasteiger partial charge in [-0.3, -0.25) is 0 Å². The van der Waals surface area contributed by atoms with E-state index in [1.165, 1.54) is 5.69 Å². The van der Waals surface area contributed by atoms with Crippen LogP contribution in [0.1, 0.15) is 49.3 Å². The summed E-state index contributed by atoms with van der Waals surface area (Å²) in [5.74, 6) is 1.34. The fraction of sp³-hybridized carbons (Fsp3) is 0.600. The molecule has 0 spiro atoms. The Labute approximate surface area is 118 Å². The summed E-state index contributed by atoms with van der Waals surface area (Å²) in [5, 5.41) is 14.0. The summed E-state index contributed by atoms with van der Waals surface area (Å²) in [6, 6.07) is 2.04. The first-order chi connectivity index (χ1) is 9.44. The lowest BCUT2D eigenvalue weighted by molar-refractivity contribution is 0.0979. The Hall–Kier alpha value is -1.62. The maximum atomic E-state index is 10.2. The van der Waals surface area contributed by atoms with Crippen molar-refractivity contribution in [3.63, 3.8) is 0 Å². The van der Waals surface area contributed by atoms with E-state index >= 15 is 0 Å². The van der Waals surface area contributed by atoms with Gasteiger partial charge in [-0.25, -0.2) is 0 Å². The van der Waals surface area contributed by atoms with E-state index in [-0.39, 0.29) is 11.5 Å². The summed E-state index contributed by atoms with van der Waals surface area (Å²) in [6.07, 6.45) is 4.25. The summed E-state index contributed by atoms with van der Waals surface area (Å²) in [7, 11) is 0. The Morgan fingerprint density at radius 1 is 1.50 bits per heavy atom. The smallest absolute Gasteiger partial charge is 0.228 e. The van der Waals surface area contributed by atoms with E-state index in [1.54, 1.807) is 0 Å². The molecule has 0 saturated carbocycles. The van der Waals surface area contributed by atoms with Crippen molar-refractivity contribution in [2.75, 3.05) is 0 Å². The Balaban J connectivity index is 1.78. The van der Waals surface area contributed by atoms with Crippen LogP contribution < -0.4 is 0 Å². The number of rotatable bonds is 3. The highest BCUT2D eigenvalue weighted by atomic mass is 16.5. The van der Waals surface area contributed by atoms with Crippen LogP contribution in [0.5, 0.6) is 0 Å². The van der Waals surface area contributed by atoms with Crippen LogP contribution in [-0.2, 0) is 19.4 Å². The summed E-state index contributed by atoms with van der Waals surface area (Å²) in [6.45, 7) is 7.04. The molecule has 3 rings (SSSR count). The van der Waals surface area contributed by atoms with E-state index in [4.69, 9.17) is 4.52 Å². The standard InChI is InChI=1S/C15H21N3O2/c1-10-16-14(20-17-10)5-7-18-6-4-11-12(18)8-15(2,3)9-13(11)19/h4,6,13,19H,5,7-9H2,1-3H3. The molecule has 1 N–H and O–H groups in total. The molecule has 108 valence electrons. The Morgan fingerprint density at radius 2 is 2.30 bits per heavy atom. The number of aryl methyl sites for hydroxylation is 3. The molecule has 0 bridgehead atoms. The molecule has 5 nitrogen and oxygen atoms in total. The molecule has 5 heteroatoms. The first kappa shape index (κ1) is 13.4. The van der Waals surface area contributed by atoms with Crippen LogP contribution in [0, 0.1) is 12.3 Å². The van der Waals surface area contributed by atoms with Crippen molar-refractivity contribution in [3.05, 3.63) is 35.2 Å². The van der Waals surface area contributed by atoms with Gasteiger partial charge in [0.2, 0.25) is 5.89 Å². The Bertz CT molecular complexity index is 612. The molecule has 0 fully saturated rings. The van der Waals surface area contributed by atoms with Crippen molar-refractivity contribution in [2.45, 2.75) is 52.7 Å². The number of hydrogen-bond acceptors (Lipinski definition) is 4. The van der Waals surface area contributed by atoms with Crippen LogP contribution in [0.4, 0.5) is 0 Å². The van der Waals surface area contributed by atoms with Crippen LogP contribution >= 0.6 is 0 Å². The number of fused-ring (bicyclic) bond motifs is 1. The van der Waals surface area contributed by atoms with Gasteiger partial charge >= 0.3 is 0 Å². The minimum atomic E-state index is -0.347. The van der Waals surface area contributed by atoms with Crippen molar-refractivity contribution >= 4 is 0 Å². The van der Waals surface area contributed by atoms with Gasteiger partial charge < -0.3 is 14.2 Å². The molecule has 0 saturated heterocycles. The maximum absolute atomic E-state index is 10.2. The zero-order valence-electron chi connectivity index (χ0n) is 12.3. The zero-order valence-corrected chi connectivity index (χ0v) is 12.3. The van der Waals surface area contributed by atoms with Gasteiger partial charge in [0.25, 0.3) is 0 Å². The van der Waals surface area contributed by atoms with Crippen molar-refractivity contribution in [1.29, 1.82) is 0 Å². The fourth-order valence-corrected chi connectivity index (χ4v) is 3.06. The van der Waals surface area contributed by atoms with E-state index in [2.05, 4.69) is 34.8 Å². The maximum Gasteiger partial charge on any atom is 0.228 e. The number of aromatic nitrogens is 3. The monoisotopic (exact) mass is 275 g/mol. The molecule has 0 aromatic carbocycles. The van der Waals surface area contributed by atoms with Crippen molar-refractivity contribution in [2.24, 2.45) is 5.41 Å². The number of hydrogen-bond donors (Lipinski definition) is 1. The molecule has 2 heterocycles. The zero-order chi connectivity index (χ0) is 14.3. The second-order valence-corrected chi connectivity index (χ2v) is 6.46. The summed E-state index contributed by atoms with van der Waals surface area (Å²) >= 11 is 0. The second-order valence-electron chi connectivity index (χ2n) is 6.46. The van der Waals surface area contributed by atoms with E-state index in [9.17, 15) is 5.11 Å². The first-order valence-electron chi connectivity index (χ1n) is 7.10. The van der Waals surface area contributed by atoms with Gasteiger partial charge in [0.05, 0.1) is 6.10 Å². The molecule has 0 amide bonds. The molecule has 20 heavy (non-hydrogen) atoms. The van der Waals surface area contributed by atoms with Crippen molar-refractivity contribution < 1.29 is 9.63 Å². The lowest BCUT2D eigenvalue weighted by Gasteiger charge is -2.33. The molecule has 0 radical (unpaired) electrons. The highest BCUT2D eigenvalue weighted by molar-refractivity contribution is 5.29. The Morgan fingerprint density at radius 3 is 3.00 bits per heavy atom. The highest BCUT2D eigenvalue weighted by Gasteiger charge is 2.33. The normalized spacial score (nSPS) is 20.9. The third-order valence-corrected chi connectivity index (χ3v) is 4.00. The molecule has 2 aromatic heterocycles. The van der Waals surface area contributed by atoms with Crippen LogP contribution in [0.2, 0.25) is 0 Å². The molecule has 1 atom stereocenters. The molecular formula is C15H21N3O2. The van der Waals surface area contributed by atoms with E-state index in [0.717, 1.165) is 31.4 Å².